The van der Waals surface area contributed by atoms with Gasteiger partial charge in [-0.05, 0) is 38.0 Å². The number of carbonyl (C=O) groups excluding carboxylic acids is 2. The van der Waals surface area contributed by atoms with Crippen molar-refractivity contribution >= 4 is 11.9 Å². The van der Waals surface area contributed by atoms with Gasteiger partial charge in [0.25, 0.3) is 0 Å². The van der Waals surface area contributed by atoms with Crippen LogP contribution < -0.4 is 5.32 Å². The zero-order valence-electron chi connectivity index (χ0n) is 14.8. The average Bonchev–Trinajstić information content (AvgIpc) is 2.83. The number of nitrogens with one attached hydrogen (secondary N) is 1. The van der Waals surface area contributed by atoms with Crippen molar-refractivity contribution in [1.82, 2.24) is 15.1 Å². The van der Waals surface area contributed by atoms with E-state index < -0.39 is 0 Å². The van der Waals surface area contributed by atoms with Gasteiger partial charge in [0.15, 0.2) is 0 Å². The minimum absolute atomic E-state index is 0.0572. The topological polar surface area (TPSA) is 52.7 Å². The molecule has 5 nitrogen and oxygen atoms in total. The van der Waals surface area contributed by atoms with E-state index in [0.29, 0.717) is 17.9 Å². The zero-order chi connectivity index (χ0) is 16.8. The Morgan fingerprint density at radius 3 is 2.39 bits per heavy atom. The predicted molar refractivity (Wildman–Crippen MR) is 89.9 cm³/mol. The lowest BCUT2D eigenvalue weighted by molar-refractivity contribution is -0.134. The third-order valence-corrected chi connectivity index (χ3v) is 5.80. The van der Waals surface area contributed by atoms with Gasteiger partial charge in [-0.2, -0.15) is 0 Å². The van der Waals surface area contributed by atoms with Crippen molar-refractivity contribution in [2.45, 2.75) is 46.6 Å². The van der Waals surface area contributed by atoms with Crippen LogP contribution >= 0.6 is 0 Å². The monoisotopic (exact) mass is 319 g/mol. The van der Waals surface area contributed by atoms with E-state index in [1.807, 2.05) is 9.80 Å². The number of piperidine rings is 1. The molecule has 1 saturated carbocycles. The second-order valence-electron chi connectivity index (χ2n) is 8.05. The van der Waals surface area contributed by atoms with Crippen molar-refractivity contribution in [2.24, 2.45) is 17.3 Å². The van der Waals surface area contributed by atoms with Gasteiger partial charge >= 0.3 is 6.03 Å². The summed E-state index contributed by atoms with van der Waals surface area (Å²) in [5.41, 5.74) is 1.37. The molecule has 2 atom stereocenters. The van der Waals surface area contributed by atoms with Gasteiger partial charge in [-0.25, -0.2) is 4.79 Å². The molecule has 0 spiro atoms. The molecule has 0 aromatic rings. The van der Waals surface area contributed by atoms with Crippen molar-refractivity contribution in [2.75, 3.05) is 26.2 Å². The molecule has 0 radical (unpaired) electrons. The number of amides is 3. The first-order valence-electron chi connectivity index (χ1n) is 8.80. The molecule has 1 aliphatic carbocycles. The summed E-state index contributed by atoms with van der Waals surface area (Å²) in [7, 11) is 0. The van der Waals surface area contributed by atoms with Gasteiger partial charge in [0.2, 0.25) is 5.91 Å². The van der Waals surface area contributed by atoms with Crippen molar-refractivity contribution in [3.63, 3.8) is 0 Å². The molecule has 3 aliphatic rings. The second kappa shape index (κ2) is 5.84. The van der Waals surface area contributed by atoms with Gasteiger partial charge in [-0.3, -0.25) is 4.79 Å². The van der Waals surface area contributed by atoms with E-state index in [4.69, 9.17) is 0 Å². The van der Waals surface area contributed by atoms with Crippen LogP contribution in [0.5, 0.6) is 0 Å². The summed E-state index contributed by atoms with van der Waals surface area (Å²) >= 11 is 0. The fourth-order valence-electron chi connectivity index (χ4n) is 4.25. The van der Waals surface area contributed by atoms with Crippen molar-refractivity contribution in [3.8, 4) is 0 Å². The fourth-order valence-corrected chi connectivity index (χ4v) is 4.25. The third-order valence-electron chi connectivity index (χ3n) is 5.80. The van der Waals surface area contributed by atoms with E-state index in [0.717, 1.165) is 39.0 Å². The summed E-state index contributed by atoms with van der Waals surface area (Å²) in [6, 6.07) is 0.351. The summed E-state index contributed by atoms with van der Waals surface area (Å²) < 4.78 is 0. The number of likely N-dealkylation sites (tertiary alicyclic amines) is 1. The second-order valence-corrected chi connectivity index (χ2v) is 8.05. The van der Waals surface area contributed by atoms with E-state index in [1.54, 1.807) is 0 Å². The minimum Gasteiger partial charge on any atom is -0.342 e. The van der Waals surface area contributed by atoms with Crippen LogP contribution in [0.2, 0.25) is 0 Å². The van der Waals surface area contributed by atoms with Crippen LogP contribution in [-0.2, 0) is 4.79 Å². The van der Waals surface area contributed by atoms with Crippen LogP contribution in [0, 0.1) is 17.3 Å². The molecular weight excluding hydrogens is 290 g/mol. The maximum absolute atomic E-state index is 12.9. The summed E-state index contributed by atoms with van der Waals surface area (Å²) in [5.74, 6) is 0.813. The summed E-state index contributed by atoms with van der Waals surface area (Å²) in [4.78, 5) is 28.6. The number of nitrogens with zero attached hydrogens (tertiary/aromatic N) is 2. The molecule has 3 amide bonds. The highest BCUT2D eigenvalue weighted by atomic mass is 16.2. The van der Waals surface area contributed by atoms with Gasteiger partial charge in [-0.1, -0.05) is 25.5 Å². The molecule has 2 heterocycles. The normalized spacial score (nSPS) is 30.2. The molecule has 128 valence electrons. The molecule has 1 N–H and O–H groups in total. The molecule has 5 heteroatoms. The van der Waals surface area contributed by atoms with E-state index in [9.17, 15) is 9.59 Å². The minimum atomic E-state index is 0.0572. The molecule has 23 heavy (non-hydrogen) atoms. The lowest BCUT2D eigenvalue weighted by atomic mass is 10.0. The molecule has 0 unspecified atom stereocenters. The Balaban J connectivity index is 1.57. The molecule has 3 fully saturated rings. The van der Waals surface area contributed by atoms with Gasteiger partial charge in [0, 0.05) is 32.2 Å². The van der Waals surface area contributed by atoms with Crippen molar-refractivity contribution in [1.29, 1.82) is 0 Å². The molecule has 2 aliphatic heterocycles. The van der Waals surface area contributed by atoms with Crippen molar-refractivity contribution in [3.05, 3.63) is 11.6 Å². The highest BCUT2D eigenvalue weighted by Crippen LogP contribution is 2.60. The van der Waals surface area contributed by atoms with Crippen LogP contribution in [0.25, 0.3) is 0 Å². The predicted octanol–water partition coefficient (Wildman–Crippen LogP) is 2.24. The average molecular weight is 319 g/mol. The highest BCUT2D eigenvalue weighted by Gasteiger charge is 2.61. The first kappa shape index (κ1) is 16.3. The lowest BCUT2D eigenvalue weighted by Gasteiger charge is -2.36. The maximum atomic E-state index is 12.9. The van der Waals surface area contributed by atoms with Crippen molar-refractivity contribution < 1.29 is 9.59 Å². The number of carbonyl (C=O) groups is 2. The van der Waals surface area contributed by atoms with E-state index in [2.05, 4.69) is 39.1 Å². The van der Waals surface area contributed by atoms with Gasteiger partial charge in [-0.15, -0.1) is 0 Å². The smallest absolute Gasteiger partial charge is 0.317 e. The number of rotatable bonds is 3. The van der Waals surface area contributed by atoms with E-state index >= 15 is 0 Å². The molecule has 3 rings (SSSR count). The summed E-state index contributed by atoms with van der Waals surface area (Å²) in [6.45, 7) is 11.7. The zero-order valence-corrected chi connectivity index (χ0v) is 14.8. The van der Waals surface area contributed by atoms with Crippen LogP contribution in [0.15, 0.2) is 11.6 Å². The SMILES string of the molecule is CC(C)=C[C@@H]1[C@@H](C(=O)N2CCC(N3CCNC3=O)CC2)C1(C)C. The Hall–Kier alpha value is -1.52. The standard InChI is InChI=1S/C18H29N3O2/c1-12(2)11-14-15(18(14,3)4)16(22)20-8-5-13(6-9-20)21-10-7-19-17(21)23/h11,13-15H,5-10H2,1-4H3,(H,19,23)/t14-,15+/m1/s1. The largest absolute Gasteiger partial charge is 0.342 e. The quantitative estimate of drug-likeness (QED) is 0.811. The Kier molecular flexibility index (Phi) is 4.15. The number of allylic oxidation sites excluding steroid dienone is 2. The third kappa shape index (κ3) is 2.98. The first-order valence-corrected chi connectivity index (χ1v) is 8.80. The Morgan fingerprint density at radius 1 is 1.22 bits per heavy atom. The van der Waals surface area contributed by atoms with E-state index in [1.165, 1.54) is 5.57 Å². The van der Waals surface area contributed by atoms with Gasteiger partial charge in [0.05, 0.1) is 5.92 Å². The van der Waals surface area contributed by atoms with E-state index in [-0.39, 0.29) is 17.4 Å². The number of hydrogen-bond donors (Lipinski definition) is 1. The number of hydrogen-bond acceptors (Lipinski definition) is 2. The van der Waals surface area contributed by atoms with Crippen LogP contribution in [0.4, 0.5) is 4.79 Å². The Bertz CT molecular complexity index is 528. The molecule has 0 aromatic carbocycles. The fraction of sp³-hybridized carbons (Fsp3) is 0.778. The Morgan fingerprint density at radius 2 is 1.87 bits per heavy atom. The van der Waals surface area contributed by atoms with Crippen LogP contribution in [-0.4, -0.2) is 54.0 Å². The maximum Gasteiger partial charge on any atom is 0.317 e. The van der Waals surface area contributed by atoms with Crippen LogP contribution in [0.3, 0.4) is 0 Å². The molecule has 2 saturated heterocycles. The lowest BCUT2D eigenvalue weighted by Crippen LogP contribution is -2.48. The summed E-state index contributed by atoms with van der Waals surface area (Å²) in [6.07, 6.45) is 4.06. The molecule has 0 bridgehead atoms. The Labute approximate surface area is 139 Å². The first-order chi connectivity index (χ1) is 10.8. The highest BCUT2D eigenvalue weighted by molar-refractivity contribution is 5.84. The summed E-state index contributed by atoms with van der Waals surface area (Å²) in [5, 5.41) is 2.86. The van der Waals surface area contributed by atoms with Gasteiger partial charge in [0.1, 0.15) is 0 Å². The molecule has 0 aromatic heterocycles. The molecular formula is C18H29N3O2. The number of urea groups is 1. The van der Waals surface area contributed by atoms with Gasteiger partial charge < -0.3 is 15.1 Å². The van der Waals surface area contributed by atoms with Crippen LogP contribution in [0.1, 0.15) is 40.5 Å².